The van der Waals surface area contributed by atoms with Crippen molar-refractivity contribution in [3.63, 3.8) is 0 Å². The molecule has 3 heterocycles. The van der Waals surface area contributed by atoms with Gasteiger partial charge in [0.1, 0.15) is 0 Å². The zero-order valence-corrected chi connectivity index (χ0v) is 16.2. The monoisotopic (exact) mass is 390 g/mol. The van der Waals surface area contributed by atoms with Gasteiger partial charge in [-0.05, 0) is 61.4 Å². The standard InChI is InChI=1S/C22H22N4O3/c1-25-19(15-4-9-20-21(12-15)29-14-28-20)13-18(24-25)22(27)23-16-5-7-17(8-6-16)26-10-2-3-11-26/h4-9,12-13H,2-3,10-11,14H2,1H3,(H,23,27). The van der Waals surface area contributed by atoms with Crippen LogP contribution < -0.4 is 19.7 Å². The lowest BCUT2D eigenvalue weighted by molar-refractivity contribution is 0.102. The lowest BCUT2D eigenvalue weighted by Crippen LogP contribution is -2.17. The highest BCUT2D eigenvalue weighted by atomic mass is 16.7. The van der Waals surface area contributed by atoms with Gasteiger partial charge in [-0.15, -0.1) is 0 Å². The second kappa shape index (κ2) is 7.16. The Balaban J connectivity index is 1.32. The molecule has 1 saturated heterocycles. The average molecular weight is 390 g/mol. The van der Waals surface area contributed by atoms with Gasteiger partial charge in [0.2, 0.25) is 6.79 Å². The summed E-state index contributed by atoms with van der Waals surface area (Å²) in [4.78, 5) is 15.1. The number of aromatic nitrogens is 2. The highest BCUT2D eigenvalue weighted by Gasteiger charge is 2.18. The molecule has 7 nitrogen and oxygen atoms in total. The molecule has 3 aromatic rings. The number of nitrogens with one attached hydrogen (secondary N) is 1. The summed E-state index contributed by atoms with van der Waals surface area (Å²) in [5, 5.41) is 7.31. The van der Waals surface area contributed by atoms with Crippen molar-refractivity contribution in [3.8, 4) is 22.8 Å². The van der Waals surface area contributed by atoms with Crippen LogP contribution in [0, 0.1) is 0 Å². The Morgan fingerprint density at radius 1 is 1.00 bits per heavy atom. The van der Waals surface area contributed by atoms with E-state index in [1.54, 1.807) is 10.7 Å². The number of ether oxygens (including phenoxy) is 2. The molecule has 1 amide bonds. The van der Waals surface area contributed by atoms with Crippen molar-refractivity contribution in [2.45, 2.75) is 12.8 Å². The number of anilines is 2. The molecule has 5 rings (SSSR count). The van der Waals surface area contributed by atoms with E-state index in [9.17, 15) is 4.79 Å². The summed E-state index contributed by atoms with van der Waals surface area (Å²) in [6.07, 6.45) is 2.48. The third-order valence-corrected chi connectivity index (χ3v) is 5.38. The summed E-state index contributed by atoms with van der Waals surface area (Å²) >= 11 is 0. The van der Waals surface area contributed by atoms with Gasteiger partial charge in [0.25, 0.3) is 5.91 Å². The fraction of sp³-hybridized carbons (Fsp3) is 0.273. The van der Waals surface area contributed by atoms with Crippen LogP contribution in [0.2, 0.25) is 0 Å². The molecule has 7 heteroatoms. The number of carbonyl (C=O) groups excluding carboxylic acids is 1. The van der Waals surface area contributed by atoms with Gasteiger partial charge in [0.15, 0.2) is 17.2 Å². The number of carbonyl (C=O) groups is 1. The Kier molecular flexibility index (Phi) is 4.35. The van der Waals surface area contributed by atoms with E-state index in [0.717, 1.165) is 35.8 Å². The highest BCUT2D eigenvalue weighted by molar-refractivity contribution is 6.03. The molecule has 0 atom stereocenters. The van der Waals surface area contributed by atoms with Crippen molar-refractivity contribution >= 4 is 17.3 Å². The van der Waals surface area contributed by atoms with Gasteiger partial charge in [0, 0.05) is 37.1 Å². The molecule has 2 aliphatic rings. The first-order chi connectivity index (χ1) is 14.2. The molecule has 0 aliphatic carbocycles. The topological polar surface area (TPSA) is 68.6 Å². The highest BCUT2D eigenvalue weighted by Crippen LogP contribution is 2.36. The minimum absolute atomic E-state index is 0.231. The van der Waals surface area contributed by atoms with E-state index in [1.165, 1.54) is 18.5 Å². The zero-order valence-electron chi connectivity index (χ0n) is 16.2. The Morgan fingerprint density at radius 3 is 2.55 bits per heavy atom. The quantitative estimate of drug-likeness (QED) is 0.736. The van der Waals surface area contributed by atoms with E-state index in [1.807, 2.05) is 37.4 Å². The molecule has 29 heavy (non-hydrogen) atoms. The number of fused-ring (bicyclic) bond motifs is 1. The van der Waals surface area contributed by atoms with Crippen molar-refractivity contribution < 1.29 is 14.3 Å². The lowest BCUT2D eigenvalue weighted by Gasteiger charge is -2.17. The minimum Gasteiger partial charge on any atom is -0.454 e. The van der Waals surface area contributed by atoms with Crippen molar-refractivity contribution in [3.05, 3.63) is 54.2 Å². The van der Waals surface area contributed by atoms with E-state index in [2.05, 4.69) is 27.4 Å². The van der Waals surface area contributed by atoms with Gasteiger partial charge in [-0.2, -0.15) is 5.10 Å². The Hall–Kier alpha value is -3.48. The maximum absolute atomic E-state index is 12.7. The third kappa shape index (κ3) is 3.40. The van der Waals surface area contributed by atoms with E-state index < -0.39 is 0 Å². The maximum atomic E-state index is 12.7. The van der Waals surface area contributed by atoms with Gasteiger partial charge in [0.05, 0.1) is 5.69 Å². The Labute approximate surface area is 168 Å². The largest absolute Gasteiger partial charge is 0.454 e. The van der Waals surface area contributed by atoms with Crippen molar-refractivity contribution in [2.24, 2.45) is 7.05 Å². The van der Waals surface area contributed by atoms with Gasteiger partial charge < -0.3 is 19.7 Å². The summed E-state index contributed by atoms with van der Waals surface area (Å²) in [6.45, 7) is 2.43. The second-order valence-corrected chi connectivity index (χ2v) is 7.30. The molecular weight excluding hydrogens is 368 g/mol. The Bertz CT molecular complexity index is 1050. The smallest absolute Gasteiger partial charge is 0.276 e. The first-order valence-corrected chi connectivity index (χ1v) is 9.78. The number of hydrogen-bond acceptors (Lipinski definition) is 5. The van der Waals surface area contributed by atoms with Crippen LogP contribution in [-0.4, -0.2) is 35.6 Å². The van der Waals surface area contributed by atoms with Gasteiger partial charge in [-0.1, -0.05) is 0 Å². The molecule has 148 valence electrons. The van der Waals surface area contributed by atoms with Crippen LogP contribution >= 0.6 is 0 Å². The number of amides is 1. The molecule has 0 spiro atoms. The SMILES string of the molecule is Cn1nc(C(=O)Nc2ccc(N3CCCC3)cc2)cc1-c1ccc2c(c1)OCO2. The Morgan fingerprint density at radius 2 is 1.76 bits per heavy atom. The molecule has 0 saturated carbocycles. The fourth-order valence-corrected chi connectivity index (χ4v) is 3.83. The molecule has 1 N–H and O–H groups in total. The van der Waals surface area contributed by atoms with Crippen LogP contribution in [0.25, 0.3) is 11.3 Å². The van der Waals surface area contributed by atoms with E-state index in [4.69, 9.17) is 9.47 Å². The predicted octanol–water partition coefficient (Wildman–Crippen LogP) is 3.67. The van der Waals surface area contributed by atoms with Crippen LogP contribution in [0.15, 0.2) is 48.5 Å². The normalized spacial score (nSPS) is 15.0. The molecule has 2 aliphatic heterocycles. The summed E-state index contributed by atoms with van der Waals surface area (Å²) in [5.74, 6) is 1.19. The average Bonchev–Trinajstić information content (AvgIpc) is 3.48. The lowest BCUT2D eigenvalue weighted by atomic mass is 10.1. The molecule has 0 unspecified atom stereocenters. The zero-order chi connectivity index (χ0) is 19.8. The summed E-state index contributed by atoms with van der Waals surface area (Å²) in [6, 6.07) is 15.5. The van der Waals surface area contributed by atoms with Crippen LogP contribution in [0.5, 0.6) is 11.5 Å². The van der Waals surface area contributed by atoms with Crippen LogP contribution in [-0.2, 0) is 7.05 Å². The van der Waals surface area contributed by atoms with Crippen molar-refractivity contribution in [1.82, 2.24) is 9.78 Å². The van der Waals surface area contributed by atoms with Gasteiger partial charge in [-0.25, -0.2) is 0 Å². The van der Waals surface area contributed by atoms with Crippen LogP contribution in [0.3, 0.4) is 0 Å². The molecule has 0 radical (unpaired) electrons. The third-order valence-electron chi connectivity index (χ3n) is 5.38. The minimum atomic E-state index is -0.235. The van der Waals surface area contributed by atoms with Crippen LogP contribution in [0.1, 0.15) is 23.3 Å². The van der Waals surface area contributed by atoms with E-state index in [0.29, 0.717) is 11.4 Å². The first kappa shape index (κ1) is 17.6. The predicted molar refractivity (Wildman–Crippen MR) is 111 cm³/mol. The van der Waals surface area contributed by atoms with E-state index >= 15 is 0 Å². The molecular formula is C22H22N4O3. The molecule has 2 aromatic carbocycles. The van der Waals surface area contributed by atoms with Gasteiger partial charge >= 0.3 is 0 Å². The number of hydrogen-bond donors (Lipinski definition) is 1. The maximum Gasteiger partial charge on any atom is 0.276 e. The number of aryl methyl sites for hydroxylation is 1. The number of nitrogens with zero attached hydrogens (tertiary/aromatic N) is 3. The number of benzene rings is 2. The summed E-state index contributed by atoms with van der Waals surface area (Å²) in [5.41, 5.74) is 4.07. The molecule has 1 fully saturated rings. The summed E-state index contributed by atoms with van der Waals surface area (Å²) < 4.78 is 12.5. The van der Waals surface area contributed by atoms with Crippen LogP contribution in [0.4, 0.5) is 11.4 Å². The summed E-state index contributed by atoms with van der Waals surface area (Å²) in [7, 11) is 1.82. The second-order valence-electron chi connectivity index (χ2n) is 7.30. The fourth-order valence-electron chi connectivity index (χ4n) is 3.83. The number of rotatable bonds is 4. The first-order valence-electron chi connectivity index (χ1n) is 9.78. The van der Waals surface area contributed by atoms with E-state index in [-0.39, 0.29) is 12.7 Å². The van der Waals surface area contributed by atoms with Gasteiger partial charge in [-0.3, -0.25) is 9.48 Å². The van der Waals surface area contributed by atoms with Crippen molar-refractivity contribution in [1.29, 1.82) is 0 Å². The van der Waals surface area contributed by atoms with Crippen molar-refractivity contribution in [2.75, 3.05) is 30.1 Å². The molecule has 0 bridgehead atoms. The molecule has 1 aromatic heterocycles.